The maximum absolute atomic E-state index is 12.7. The molecule has 8 nitrogen and oxygen atoms in total. The number of ether oxygens (including phenoxy) is 2. The fraction of sp³-hybridized carbons (Fsp3) is 0.321. The number of carbonyl (C=O) groups excluding carboxylic acids is 1. The van der Waals surface area contributed by atoms with E-state index in [1.165, 1.54) is 10.6 Å². The topological polar surface area (TPSA) is 79.4 Å². The van der Waals surface area contributed by atoms with Crippen molar-refractivity contribution in [1.82, 2.24) is 4.90 Å². The Morgan fingerprint density at radius 1 is 0.919 bits per heavy atom. The summed E-state index contributed by atoms with van der Waals surface area (Å²) in [6, 6.07) is 22.4. The SMILES string of the molecule is COc1ccccc1N1CCN(C(=O)COc2ccc(N(Cc3ccc(C)cc3)S(C)(=O)=O)cc2)CC1. The predicted molar refractivity (Wildman–Crippen MR) is 146 cm³/mol. The number of hydrogen-bond acceptors (Lipinski definition) is 6. The zero-order valence-electron chi connectivity index (χ0n) is 21.5. The lowest BCUT2D eigenvalue weighted by Gasteiger charge is -2.36. The number of aryl methyl sites for hydroxylation is 1. The molecule has 1 amide bonds. The number of rotatable bonds is 9. The van der Waals surface area contributed by atoms with Crippen LogP contribution < -0.4 is 18.7 Å². The van der Waals surface area contributed by atoms with Crippen molar-refractivity contribution < 1.29 is 22.7 Å². The molecule has 0 aliphatic carbocycles. The van der Waals surface area contributed by atoms with Crippen LogP contribution in [0.1, 0.15) is 11.1 Å². The summed E-state index contributed by atoms with van der Waals surface area (Å²) in [6.07, 6.45) is 1.19. The van der Waals surface area contributed by atoms with Crippen LogP contribution in [0.25, 0.3) is 0 Å². The third-order valence-corrected chi connectivity index (χ3v) is 7.53. The van der Waals surface area contributed by atoms with Crippen molar-refractivity contribution in [2.24, 2.45) is 0 Å². The Morgan fingerprint density at radius 3 is 2.19 bits per heavy atom. The number of para-hydroxylation sites is 2. The molecule has 1 aliphatic heterocycles. The Hall–Kier alpha value is -3.72. The van der Waals surface area contributed by atoms with Gasteiger partial charge in [0.15, 0.2) is 6.61 Å². The van der Waals surface area contributed by atoms with Gasteiger partial charge in [-0.3, -0.25) is 9.10 Å². The minimum Gasteiger partial charge on any atom is -0.495 e. The first kappa shape index (κ1) is 26.3. The van der Waals surface area contributed by atoms with E-state index in [-0.39, 0.29) is 19.1 Å². The summed E-state index contributed by atoms with van der Waals surface area (Å²) in [4.78, 5) is 16.8. The second-order valence-corrected chi connectivity index (χ2v) is 11.0. The zero-order chi connectivity index (χ0) is 26.4. The second kappa shape index (κ2) is 11.6. The molecule has 196 valence electrons. The highest BCUT2D eigenvalue weighted by Crippen LogP contribution is 2.28. The average molecular weight is 524 g/mol. The first-order valence-electron chi connectivity index (χ1n) is 12.2. The highest BCUT2D eigenvalue weighted by atomic mass is 32.2. The second-order valence-electron chi connectivity index (χ2n) is 9.08. The van der Waals surface area contributed by atoms with Gasteiger partial charge in [-0.1, -0.05) is 42.0 Å². The van der Waals surface area contributed by atoms with Crippen molar-refractivity contribution in [3.63, 3.8) is 0 Å². The van der Waals surface area contributed by atoms with Crippen LogP contribution in [-0.2, 0) is 21.4 Å². The Morgan fingerprint density at radius 2 is 1.57 bits per heavy atom. The van der Waals surface area contributed by atoms with E-state index in [0.29, 0.717) is 37.6 Å². The molecule has 1 aliphatic rings. The summed E-state index contributed by atoms with van der Waals surface area (Å²) >= 11 is 0. The van der Waals surface area contributed by atoms with Gasteiger partial charge in [0.2, 0.25) is 10.0 Å². The lowest BCUT2D eigenvalue weighted by Crippen LogP contribution is -2.50. The smallest absolute Gasteiger partial charge is 0.260 e. The molecule has 1 fully saturated rings. The van der Waals surface area contributed by atoms with Crippen molar-refractivity contribution >= 4 is 27.3 Å². The minimum absolute atomic E-state index is 0.0762. The van der Waals surface area contributed by atoms with E-state index in [0.717, 1.165) is 22.6 Å². The standard InChI is InChI=1S/C28H33N3O5S/c1-22-8-10-23(11-9-22)20-31(37(3,33)34)24-12-14-25(15-13-24)36-21-28(32)30-18-16-29(17-19-30)26-6-4-5-7-27(26)35-2/h4-15H,16-21H2,1-3H3. The Balaban J connectivity index is 1.32. The summed E-state index contributed by atoms with van der Waals surface area (Å²) in [7, 11) is -1.83. The van der Waals surface area contributed by atoms with E-state index in [4.69, 9.17) is 9.47 Å². The van der Waals surface area contributed by atoms with Crippen LogP contribution in [0.2, 0.25) is 0 Å². The molecule has 0 unspecified atom stereocenters. The highest BCUT2D eigenvalue weighted by molar-refractivity contribution is 7.92. The van der Waals surface area contributed by atoms with Gasteiger partial charge in [-0.25, -0.2) is 8.42 Å². The Kier molecular flexibility index (Phi) is 8.23. The number of amides is 1. The number of benzene rings is 3. The van der Waals surface area contributed by atoms with Crippen molar-refractivity contribution in [1.29, 1.82) is 0 Å². The molecule has 0 aromatic heterocycles. The Bertz CT molecular complexity index is 1300. The highest BCUT2D eigenvalue weighted by Gasteiger charge is 2.23. The quantitative estimate of drug-likeness (QED) is 0.426. The average Bonchev–Trinajstić information content (AvgIpc) is 2.91. The van der Waals surface area contributed by atoms with E-state index in [1.807, 2.05) is 55.5 Å². The van der Waals surface area contributed by atoms with Gasteiger partial charge in [0.1, 0.15) is 11.5 Å². The molecule has 0 atom stereocenters. The van der Waals surface area contributed by atoms with E-state index in [1.54, 1.807) is 36.3 Å². The van der Waals surface area contributed by atoms with Crippen LogP contribution in [0, 0.1) is 6.92 Å². The van der Waals surface area contributed by atoms with Crippen molar-refractivity contribution in [2.75, 3.05) is 55.4 Å². The van der Waals surface area contributed by atoms with Crippen LogP contribution in [0.15, 0.2) is 72.8 Å². The largest absolute Gasteiger partial charge is 0.495 e. The normalized spacial score (nSPS) is 13.8. The van der Waals surface area contributed by atoms with Crippen molar-refractivity contribution in [3.05, 3.63) is 83.9 Å². The maximum atomic E-state index is 12.7. The number of sulfonamides is 1. The molecule has 0 radical (unpaired) electrons. The van der Waals surface area contributed by atoms with E-state index >= 15 is 0 Å². The number of methoxy groups -OCH3 is 1. The van der Waals surface area contributed by atoms with Gasteiger partial charge in [0.05, 0.1) is 31.3 Å². The molecule has 1 saturated heterocycles. The monoisotopic (exact) mass is 523 g/mol. The van der Waals surface area contributed by atoms with E-state index in [2.05, 4.69) is 4.90 Å². The first-order valence-corrected chi connectivity index (χ1v) is 14.0. The lowest BCUT2D eigenvalue weighted by atomic mass is 10.1. The molecule has 0 bridgehead atoms. The number of hydrogen-bond donors (Lipinski definition) is 0. The number of nitrogens with zero attached hydrogens (tertiary/aromatic N) is 3. The summed E-state index contributed by atoms with van der Waals surface area (Å²) in [6.45, 7) is 4.77. The molecular formula is C28H33N3O5S. The number of anilines is 2. The molecule has 3 aromatic carbocycles. The van der Waals surface area contributed by atoms with Gasteiger partial charge in [-0.2, -0.15) is 0 Å². The molecule has 37 heavy (non-hydrogen) atoms. The molecule has 1 heterocycles. The van der Waals surface area contributed by atoms with Gasteiger partial charge < -0.3 is 19.3 Å². The third kappa shape index (κ3) is 6.74. The molecular weight excluding hydrogens is 490 g/mol. The van der Waals surface area contributed by atoms with Gasteiger partial charge in [-0.05, 0) is 48.9 Å². The predicted octanol–water partition coefficient (Wildman–Crippen LogP) is 3.70. The zero-order valence-corrected chi connectivity index (χ0v) is 22.3. The van der Waals surface area contributed by atoms with Crippen LogP contribution in [0.3, 0.4) is 0 Å². The molecule has 9 heteroatoms. The van der Waals surface area contributed by atoms with Crippen molar-refractivity contribution in [2.45, 2.75) is 13.5 Å². The third-order valence-electron chi connectivity index (χ3n) is 6.39. The summed E-state index contributed by atoms with van der Waals surface area (Å²) in [5.74, 6) is 1.25. The Labute approximate surface area is 219 Å². The van der Waals surface area contributed by atoms with Crippen molar-refractivity contribution in [3.8, 4) is 11.5 Å². The molecule has 4 rings (SSSR count). The van der Waals surface area contributed by atoms with Gasteiger partial charge >= 0.3 is 0 Å². The fourth-order valence-electron chi connectivity index (χ4n) is 4.29. The number of carbonyl (C=O) groups is 1. The van der Waals surface area contributed by atoms with Crippen LogP contribution in [0.5, 0.6) is 11.5 Å². The van der Waals surface area contributed by atoms with E-state index < -0.39 is 10.0 Å². The molecule has 0 N–H and O–H groups in total. The summed E-state index contributed by atoms with van der Waals surface area (Å²) < 4.78 is 37.5. The van der Waals surface area contributed by atoms with Crippen LogP contribution in [-0.4, -0.2) is 65.4 Å². The molecule has 3 aromatic rings. The van der Waals surface area contributed by atoms with Gasteiger partial charge in [-0.15, -0.1) is 0 Å². The molecule has 0 spiro atoms. The summed E-state index contributed by atoms with van der Waals surface area (Å²) in [5, 5.41) is 0. The minimum atomic E-state index is -3.49. The first-order chi connectivity index (χ1) is 17.7. The van der Waals surface area contributed by atoms with E-state index in [9.17, 15) is 13.2 Å². The van der Waals surface area contributed by atoms with Gasteiger partial charge in [0, 0.05) is 26.2 Å². The maximum Gasteiger partial charge on any atom is 0.260 e. The van der Waals surface area contributed by atoms with Gasteiger partial charge in [0.25, 0.3) is 5.91 Å². The molecule has 0 saturated carbocycles. The lowest BCUT2D eigenvalue weighted by molar-refractivity contribution is -0.133. The number of piperazine rings is 1. The summed E-state index contributed by atoms with van der Waals surface area (Å²) in [5.41, 5.74) is 3.57. The van der Waals surface area contributed by atoms with Crippen LogP contribution in [0.4, 0.5) is 11.4 Å². The van der Waals surface area contributed by atoms with Crippen LogP contribution >= 0.6 is 0 Å². The fourth-order valence-corrected chi connectivity index (χ4v) is 5.18.